The van der Waals surface area contributed by atoms with Crippen LogP contribution in [-0.4, -0.2) is 23.8 Å². The second kappa shape index (κ2) is 11.4. The molecule has 1 atom stereocenters. The van der Waals surface area contributed by atoms with E-state index in [4.69, 9.17) is 0 Å². The Morgan fingerprint density at radius 2 is 1.50 bits per heavy atom. The Balaban J connectivity index is 2.57. The van der Waals surface area contributed by atoms with Crippen LogP contribution in [0.5, 0.6) is 0 Å². The standard InChI is InChI=1S/C20H33NO/c1-4-7-8-9-10-14-17-19(22)20(21(5-2)6-3)18-15-12-11-13-16-18/h11-13,15-16,20H,4-10,14,17H2,1-3H3/t20-/m1/s1. The quantitative estimate of drug-likeness (QED) is 0.483. The van der Waals surface area contributed by atoms with Crippen LogP contribution in [0, 0.1) is 0 Å². The van der Waals surface area contributed by atoms with Gasteiger partial charge in [-0.1, -0.05) is 83.2 Å². The molecule has 0 aliphatic carbocycles. The van der Waals surface area contributed by atoms with Gasteiger partial charge in [-0.2, -0.15) is 0 Å². The Labute approximate surface area is 136 Å². The molecule has 0 spiro atoms. The third-order valence-corrected chi connectivity index (χ3v) is 4.37. The Bertz CT molecular complexity index is 397. The molecule has 1 rings (SSSR count). The summed E-state index contributed by atoms with van der Waals surface area (Å²) < 4.78 is 0. The summed E-state index contributed by atoms with van der Waals surface area (Å²) in [6.07, 6.45) is 8.10. The number of hydrogen-bond acceptors (Lipinski definition) is 2. The number of unbranched alkanes of at least 4 members (excludes halogenated alkanes) is 5. The average Bonchev–Trinajstić information content (AvgIpc) is 2.56. The molecule has 0 N–H and O–H groups in total. The van der Waals surface area contributed by atoms with Crippen molar-refractivity contribution in [2.24, 2.45) is 0 Å². The summed E-state index contributed by atoms with van der Waals surface area (Å²) >= 11 is 0. The van der Waals surface area contributed by atoms with Crippen LogP contribution in [0.2, 0.25) is 0 Å². The van der Waals surface area contributed by atoms with Gasteiger partial charge in [-0.25, -0.2) is 0 Å². The predicted octanol–water partition coefficient (Wildman–Crippen LogP) is 5.39. The number of carbonyl (C=O) groups excluding carboxylic acids is 1. The number of Topliss-reactive ketones (excluding diaryl/α,β-unsaturated/α-hetero) is 1. The van der Waals surface area contributed by atoms with Crippen LogP contribution < -0.4 is 0 Å². The lowest BCUT2D eigenvalue weighted by molar-refractivity contribution is -0.124. The minimum Gasteiger partial charge on any atom is -0.298 e. The molecule has 0 aromatic heterocycles. The molecule has 0 aliphatic rings. The number of hydrogen-bond donors (Lipinski definition) is 0. The van der Waals surface area contributed by atoms with Crippen LogP contribution >= 0.6 is 0 Å². The zero-order chi connectivity index (χ0) is 16.2. The first-order valence-electron chi connectivity index (χ1n) is 9.06. The molecule has 0 saturated heterocycles. The van der Waals surface area contributed by atoms with E-state index in [2.05, 4.69) is 37.8 Å². The molecule has 0 saturated carbocycles. The van der Waals surface area contributed by atoms with Gasteiger partial charge < -0.3 is 0 Å². The van der Waals surface area contributed by atoms with Crippen molar-refractivity contribution >= 4 is 5.78 Å². The lowest BCUT2D eigenvalue weighted by Crippen LogP contribution is -2.34. The van der Waals surface area contributed by atoms with Crippen LogP contribution in [0.15, 0.2) is 30.3 Å². The van der Waals surface area contributed by atoms with E-state index >= 15 is 0 Å². The molecule has 1 aromatic rings. The average molecular weight is 303 g/mol. The minimum absolute atomic E-state index is 0.0631. The molecular formula is C20H33NO. The lowest BCUT2D eigenvalue weighted by Gasteiger charge is -2.29. The van der Waals surface area contributed by atoms with E-state index in [1.807, 2.05) is 18.2 Å². The van der Waals surface area contributed by atoms with Crippen molar-refractivity contribution in [3.05, 3.63) is 35.9 Å². The number of ketones is 1. The Morgan fingerprint density at radius 1 is 0.909 bits per heavy atom. The molecule has 0 fully saturated rings. The third-order valence-electron chi connectivity index (χ3n) is 4.37. The lowest BCUT2D eigenvalue weighted by atomic mass is 9.96. The summed E-state index contributed by atoms with van der Waals surface area (Å²) in [5.74, 6) is 0.380. The summed E-state index contributed by atoms with van der Waals surface area (Å²) in [6, 6.07) is 10.2. The molecule has 1 aromatic carbocycles. The summed E-state index contributed by atoms with van der Waals surface area (Å²) in [4.78, 5) is 15.0. The fourth-order valence-electron chi connectivity index (χ4n) is 3.04. The first-order chi connectivity index (χ1) is 10.7. The molecule has 0 bridgehead atoms. The highest BCUT2D eigenvalue weighted by atomic mass is 16.1. The summed E-state index contributed by atoms with van der Waals surface area (Å²) in [7, 11) is 0. The van der Waals surface area contributed by atoms with Crippen molar-refractivity contribution in [2.45, 2.75) is 71.8 Å². The van der Waals surface area contributed by atoms with Gasteiger partial charge in [0.15, 0.2) is 5.78 Å². The highest BCUT2D eigenvalue weighted by Gasteiger charge is 2.24. The van der Waals surface area contributed by atoms with Crippen LogP contribution in [-0.2, 0) is 4.79 Å². The highest BCUT2D eigenvalue weighted by Crippen LogP contribution is 2.24. The first-order valence-corrected chi connectivity index (χ1v) is 9.06. The van der Waals surface area contributed by atoms with Gasteiger partial charge in [-0.3, -0.25) is 9.69 Å². The van der Waals surface area contributed by atoms with Gasteiger partial charge in [0.25, 0.3) is 0 Å². The zero-order valence-corrected chi connectivity index (χ0v) is 14.7. The van der Waals surface area contributed by atoms with Crippen LogP contribution in [0.25, 0.3) is 0 Å². The van der Waals surface area contributed by atoms with Crippen molar-refractivity contribution in [1.82, 2.24) is 4.90 Å². The van der Waals surface area contributed by atoms with E-state index in [1.165, 1.54) is 32.1 Å². The topological polar surface area (TPSA) is 20.3 Å². The van der Waals surface area contributed by atoms with Crippen molar-refractivity contribution in [3.8, 4) is 0 Å². The van der Waals surface area contributed by atoms with Gasteiger partial charge in [0.1, 0.15) is 0 Å². The first kappa shape index (κ1) is 18.9. The van der Waals surface area contributed by atoms with E-state index < -0.39 is 0 Å². The second-order valence-electron chi connectivity index (χ2n) is 6.02. The van der Waals surface area contributed by atoms with Crippen molar-refractivity contribution < 1.29 is 4.79 Å². The van der Waals surface area contributed by atoms with Crippen molar-refractivity contribution in [3.63, 3.8) is 0 Å². The number of carbonyl (C=O) groups is 1. The Morgan fingerprint density at radius 3 is 2.09 bits per heavy atom. The van der Waals surface area contributed by atoms with Gasteiger partial charge in [0, 0.05) is 6.42 Å². The number of likely N-dealkylation sites (N-methyl/N-ethyl adjacent to an activating group) is 1. The van der Waals surface area contributed by atoms with Crippen LogP contribution in [0.4, 0.5) is 0 Å². The fraction of sp³-hybridized carbons (Fsp3) is 0.650. The summed E-state index contributed by atoms with van der Waals surface area (Å²) in [6.45, 7) is 8.34. The summed E-state index contributed by atoms with van der Waals surface area (Å²) in [5.41, 5.74) is 1.14. The van der Waals surface area contributed by atoms with E-state index in [9.17, 15) is 4.79 Å². The Hall–Kier alpha value is -1.15. The van der Waals surface area contributed by atoms with Gasteiger partial charge in [0.2, 0.25) is 0 Å². The van der Waals surface area contributed by atoms with E-state index in [-0.39, 0.29) is 6.04 Å². The number of nitrogens with zero attached hydrogens (tertiary/aromatic N) is 1. The maximum absolute atomic E-state index is 12.8. The predicted molar refractivity (Wildman–Crippen MR) is 95.1 cm³/mol. The van der Waals surface area contributed by atoms with Gasteiger partial charge in [-0.05, 0) is 25.1 Å². The smallest absolute Gasteiger partial charge is 0.154 e. The van der Waals surface area contributed by atoms with E-state index in [0.717, 1.165) is 25.1 Å². The molecule has 124 valence electrons. The molecule has 0 unspecified atom stereocenters. The largest absolute Gasteiger partial charge is 0.298 e. The SMILES string of the molecule is CCCCCCCCC(=O)[C@@H](c1ccccc1)N(CC)CC. The maximum atomic E-state index is 12.8. The molecule has 2 nitrogen and oxygen atoms in total. The molecular weight excluding hydrogens is 270 g/mol. The zero-order valence-electron chi connectivity index (χ0n) is 14.7. The molecule has 0 amide bonds. The van der Waals surface area contributed by atoms with Gasteiger partial charge in [-0.15, -0.1) is 0 Å². The highest BCUT2D eigenvalue weighted by molar-refractivity contribution is 5.85. The third kappa shape index (κ3) is 6.31. The molecule has 0 aliphatic heterocycles. The second-order valence-corrected chi connectivity index (χ2v) is 6.02. The van der Waals surface area contributed by atoms with E-state index in [1.54, 1.807) is 0 Å². The minimum atomic E-state index is -0.0631. The van der Waals surface area contributed by atoms with Gasteiger partial charge >= 0.3 is 0 Å². The van der Waals surface area contributed by atoms with Gasteiger partial charge in [0.05, 0.1) is 6.04 Å². The molecule has 22 heavy (non-hydrogen) atoms. The monoisotopic (exact) mass is 303 g/mol. The fourth-order valence-corrected chi connectivity index (χ4v) is 3.04. The number of rotatable bonds is 12. The van der Waals surface area contributed by atoms with E-state index in [0.29, 0.717) is 12.2 Å². The van der Waals surface area contributed by atoms with Crippen molar-refractivity contribution in [1.29, 1.82) is 0 Å². The van der Waals surface area contributed by atoms with Crippen LogP contribution in [0.1, 0.15) is 77.3 Å². The molecule has 2 heteroatoms. The molecule has 0 radical (unpaired) electrons. The molecule has 0 heterocycles. The normalized spacial score (nSPS) is 12.5. The Kier molecular flexibility index (Phi) is 9.81. The number of benzene rings is 1. The summed E-state index contributed by atoms with van der Waals surface area (Å²) in [5, 5.41) is 0. The van der Waals surface area contributed by atoms with Crippen LogP contribution in [0.3, 0.4) is 0 Å². The van der Waals surface area contributed by atoms with Crippen molar-refractivity contribution in [2.75, 3.05) is 13.1 Å². The maximum Gasteiger partial charge on any atom is 0.154 e.